The van der Waals surface area contributed by atoms with E-state index in [1.54, 1.807) is 4.90 Å². The lowest BCUT2D eigenvalue weighted by Gasteiger charge is -2.23. The van der Waals surface area contributed by atoms with Gasteiger partial charge in [-0.25, -0.2) is 0 Å². The van der Waals surface area contributed by atoms with E-state index in [-0.39, 0.29) is 5.96 Å². The van der Waals surface area contributed by atoms with Crippen LogP contribution < -0.4 is 10.6 Å². The number of nitrogens with zero attached hydrogens (tertiary/aromatic N) is 1. The monoisotopic (exact) mass is 367 g/mol. The lowest BCUT2D eigenvalue weighted by molar-refractivity contribution is 1.25. The molecule has 2 aromatic rings. The first kappa shape index (κ1) is 13.1. The van der Waals surface area contributed by atoms with Gasteiger partial charge in [-0.1, -0.05) is 44.0 Å². The summed E-state index contributed by atoms with van der Waals surface area (Å²) < 4.78 is 1.89. The zero-order chi connectivity index (χ0) is 13.1. The highest BCUT2D eigenvalue weighted by Crippen LogP contribution is 2.28. The molecule has 3 nitrogen and oxygen atoms in total. The van der Waals surface area contributed by atoms with Crippen LogP contribution in [0.2, 0.25) is 0 Å². The molecule has 0 heterocycles. The Morgan fingerprint density at radius 1 is 0.944 bits per heavy atom. The summed E-state index contributed by atoms with van der Waals surface area (Å²) >= 11 is 6.84. The highest BCUT2D eigenvalue weighted by atomic mass is 79.9. The van der Waals surface area contributed by atoms with Crippen molar-refractivity contribution in [3.8, 4) is 0 Å². The summed E-state index contributed by atoms with van der Waals surface area (Å²) in [6.07, 6.45) is 0. The van der Waals surface area contributed by atoms with Crippen molar-refractivity contribution in [1.82, 2.24) is 0 Å². The van der Waals surface area contributed by atoms with Crippen LogP contribution in [0, 0.1) is 5.41 Å². The van der Waals surface area contributed by atoms with Gasteiger partial charge in [0, 0.05) is 8.95 Å². The Morgan fingerprint density at radius 2 is 1.39 bits per heavy atom. The van der Waals surface area contributed by atoms with Crippen LogP contribution >= 0.6 is 31.9 Å². The molecule has 3 N–H and O–H groups in total. The van der Waals surface area contributed by atoms with E-state index in [4.69, 9.17) is 11.1 Å². The van der Waals surface area contributed by atoms with Gasteiger partial charge in [0.2, 0.25) is 0 Å². The zero-order valence-corrected chi connectivity index (χ0v) is 12.6. The SMILES string of the molecule is N=C(N)N(c1cccc(Br)c1)c1cccc(Br)c1. The fourth-order valence-electron chi connectivity index (χ4n) is 1.66. The predicted octanol–water partition coefficient (Wildman–Crippen LogP) is 4.24. The molecule has 2 aromatic carbocycles. The lowest BCUT2D eigenvalue weighted by atomic mass is 10.2. The second-order valence-electron chi connectivity index (χ2n) is 3.68. The number of nitrogens with one attached hydrogen (secondary N) is 1. The fraction of sp³-hybridized carbons (Fsp3) is 0. The Hall–Kier alpha value is -1.33. The fourth-order valence-corrected chi connectivity index (χ4v) is 2.43. The van der Waals surface area contributed by atoms with E-state index >= 15 is 0 Å². The summed E-state index contributed by atoms with van der Waals surface area (Å²) in [5.74, 6) is -0.0220. The minimum Gasteiger partial charge on any atom is -0.369 e. The van der Waals surface area contributed by atoms with Crippen molar-refractivity contribution < 1.29 is 0 Å². The highest BCUT2D eigenvalue weighted by Gasteiger charge is 2.12. The topological polar surface area (TPSA) is 53.1 Å². The number of guanidine groups is 1. The van der Waals surface area contributed by atoms with E-state index in [1.807, 2.05) is 48.5 Å². The van der Waals surface area contributed by atoms with E-state index in [1.165, 1.54) is 0 Å². The van der Waals surface area contributed by atoms with Gasteiger partial charge in [-0.2, -0.15) is 0 Å². The number of anilines is 2. The summed E-state index contributed by atoms with van der Waals surface area (Å²) in [6.45, 7) is 0. The number of hydrogen-bond donors (Lipinski definition) is 2. The van der Waals surface area contributed by atoms with Crippen molar-refractivity contribution in [3.63, 3.8) is 0 Å². The molecule has 0 bridgehead atoms. The van der Waals surface area contributed by atoms with E-state index in [9.17, 15) is 0 Å². The van der Waals surface area contributed by atoms with Crippen molar-refractivity contribution in [2.75, 3.05) is 4.90 Å². The van der Waals surface area contributed by atoms with Gasteiger partial charge in [0.25, 0.3) is 0 Å². The predicted molar refractivity (Wildman–Crippen MR) is 82.3 cm³/mol. The molecular formula is C13H11Br2N3. The van der Waals surface area contributed by atoms with Crippen molar-refractivity contribution in [2.45, 2.75) is 0 Å². The number of benzene rings is 2. The molecule has 0 spiro atoms. The van der Waals surface area contributed by atoms with Crippen LogP contribution in [0.3, 0.4) is 0 Å². The molecule has 0 saturated carbocycles. The highest BCUT2D eigenvalue weighted by molar-refractivity contribution is 9.10. The van der Waals surface area contributed by atoms with E-state index in [0.29, 0.717) is 0 Å². The third-order valence-electron chi connectivity index (χ3n) is 2.37. The first-order valence-corrected chi connectivity index (χ1v) is 6.82. The molecule has 0 radical (unpaired) electrons. The van der Waals surface area contributed by atoms with E-state index in [2.05, 4.69) is 31.9 Å². The van der Waals surface area contributed by atoms with Crippen LogP contribution in [0.5, 0.6) is 0 Å². The summed E-state index contributed by atoms with van der Waals surface area (Å²) in [4.78, 5) is 1.68. The number of hydrogen-bond acceptors (Lipinski definition) is 1. The first-order chi connectivity index (χ1) is 8.58. The lowest BCUT2D eigenvalue weighted by Crippen LogP contribution is -2.32. The van der Waals surface area contributed by atoms with E-state index in [0.717, 1.165) is 20.3 Å². The number of nitrogens with two attached hydrogens (primary N) is 1. The Morgan fingerprint density at radius 3 is 1.72 bits per heavy atom. The van der Waals surface area contributed by atoms with Gasteiger partial charge in [-0.05, 0) is 36.4 Å². The van der Waals surface area contributed by atoms with Gasteiger partial charge in [-0.3, -0.25) is 10.3 Å². The van der Waals surface area contributed by atoms with Crippen LogP contribution in [-0.2, 0) is 0 Å². The molecule has 2 rings (SSSR count). The maximum Gasteiger partial charge on any atom is 0.197 e. The van der Waals surface area contributed by atoms with Crippen molar-refractivity contribution in [2.24, 2.45) is 5.73 Å². The van der Waals surface area contributed by atoms with Crippen LogP contribution in [0.1, 0.15) is 0 Å². The minimum atomic E-state index is -0.0220. The Bertz CT molecular complexity index is 538. The molecule has 0 aliphatic heterocycles. The molecule has 0 fully saturated rings. The van der Waals surface area contributed by atoms with Crippen LogP contribution in [0.15, 0.2) is 57.5 Å². The molecule has 0 unspecified atom stereocenters. The average Bonchev–Trinajstić information content (AvgIpc) is 2.28. The Kier molecular flexibility index (Phi) is 4.04. The van der Waals surface area contributed by atoms with Gasteiger partial charge in [0.15, 0.2) is 5.96 Å². The van der Waals surface area contributed by atoms with Crippen LogP contribution in [0.4, 0.5) is 11.4 Å². The molecule has 0 saturated heterocycles. The largest absolute Gasteiger partial charge is 0.369 e. The molecule has 18 heavy (non-hydrogen) atoms. The Balaban J connectivity index is 2.50. The smallest absolute Gasteiger partial charge is 0.197 e. The normalized spacial score (nSPS) is 10.1. The van der Waals surface area contributed by atoms with Gasteiger partial charge in [0.05, 0.1) is 11.4 Å². The van der Waals surface area contributed by atoms with Crippen molar-refractivity contribution in [1.29, 1.82) is 5.41 Å². The van der Waals surface area contributed by atoms with E-state index < -0.39 is 0 Å². The summed E-state index contributed by atoms with van der Waals surface area (Å²) in [6, 6.07) is 15.3. The van der Waals surface area contributed by atoms with Crippen molar-refractivity contribution in [3.05, 3.63) is 57.5 Å². The number of rotatable bonds is 2. The Labute approximate surface area is 122 Å². The van der Waals surface area contributed by atoms with Gasteiger partial charge >= 0.3 is 0 Å². The van der Waals surface area contributed by atoms with Gasteiger partial charge in [0.1, 0.15) is 0 Å². The number of halogens is 2. The summed E-state index contributed by atoms with van der Waals surface area (Å²) in [7, 11) is 0. The van der Waals surface area contributed by atoms with Crippen LogP contribution in [0.25, 0.3) is 0 Å². The second kappa shape index (κ2) is 5.54. The standard InChI is InChI=1S/C13H11Br2N3/c14-9-3-1-5-11(7-9)18(13(16)17)12-6-2-4-10(15)8-12/h1-8H,(H3,16,17). The third-order valence-corrected chi connectivity index (χ3v) is 3.36. The molecule has 0 aromatic heterocycles. The van der Waals surface area contributed by atoms with Crippen molar-refractivity contribution >= 4 is 49.2 Å². The molecule has 92 valence electrons. The summed E-state index contributed by atoms with van der Waals surface area (Å²) in [5, 5.41) is 7.74. The second-order valence-corrected chi connectivity index (χ2v) is 5.51. The first-order valence-electron chi connectivity index (χ1n) is 5.23. The molecule has 5 heteroatoms. The molecule has 0 amide bonds. The average molecular weight is 369 g/mol. The quantitative estimate of drug-likeness (QED) is 0.615. The third kappa shape index (κ3) is 2.91. The van der Waals surface area contributed by atoms with Crippen LogP contribution in [-0.4, -0.2) is 5.96 Å². The minimum absolute atomic E-state index is 0.0220. The summed E-state index contributed by atoms with van der Waals surface area (Å²) in [5.41, 5.74) is 7.36. The molecule has 0 aliphatic carbocycles. The maximum absolute atomic E-state index is 7.74. The zero-order valence-electron chi connectivity index (χ0n) is 9.40. The molecular weight excluding hydrogens is 358 g/mol. The maximum atomic E-state index is 7.74. The van der Waals surface area contributed by atoms with Gasteiger partial charge in [-0.15, -0.1) is 0 Å². The molecule has 0 atom stereocenters. The molecule has 0 aliphatic rings. The van der Waals surface area contributed by atoms with Gasteiger partial charge < -0.3 is 5.73 Å².